The summed E-state index contributed by atoms with van der Waals surface area (Å²) < 4.78 is 0. The van der Waals surface area contributed by atoms with Gasteiger partial charge in [0.1, 0.15) is 0 Å². The van der Waals surface area contributed by atoms with E-state index in [0.717, 1.165) is 0 Å². The van der Waals surface area contributed by atoms with E-state index >= 15 is 0 Å². The zero-order chi connectivity index (χ0) is 6.81. The Morgan fingerprint density at radius 2 is 2.20 bits per heavy atom. The van der Waals surface area contributed by atoms with Gasteiger partial charge in [-0.05, 0) is 18.9 Å². The van der Waals surface area contributed by atoms with Gasteiger partial charge in [-0.1, -0.05) is 18.2 Å². The first-order valence-corrected chi connectivity index (χ1v) is 3.76. The van der Waals surface area contributed by atoms with Crippen molar-refractivity contribution in [3.8, 4) is 0 Å². The van der Waals surface area contributed by atoms with Crippen LogP contribution in [0.1, 0.15) is 12.8 Å². The first-order valence-electron chi connectivity index (χ1n) is 3.76. The summed E-state index contributed by atoms with van der Waals surface area (Å²) in [6.07, 6.45) is 15.4. The summed E-state index contributed by atoms with van der Waals surface area (Å²) in [4.78, 5) is 2.25. The van der Waals surface area contributed by atoms with Crippen LogP contribution in [0.25, 0.3) is 0 Å². The fourth-order valence-corrected chi connectivity index (χ4v) is 1.42. The highest BCUT2D eigenvalue weighted by atomic mass is 15.1. The van der Waals surface area contributed by atoms with Crippen LogP contribution in [0.5, 0.6) is 0 Å². The number of fused-ring (bicyclic) bond motifs is 1. The summed E-state index contributed by atoms with van der Waals surface area (Å²) in [5, 5.41) is 0. The van der Waals surface area contributed by atoms with Crippen LogP contribution >= 0.6 is 0 Å². The van der Waals surface area contributed by atoms with Crippen molar-refractivity contribution in [1.82, 2.24) is 4.90 Å². The molecule has 2 heterocycles. The van der Waals surface area contributed by atoms with Crippen molar-refractivity contribution in [1.29, 1.82) is 0 Å². The van der Waals surface area contributed by atoms with E-state index in [0.29, 0.717) is 6.04 Å². The highest BCUT2D eigenvalue weighted by Gasteiger charge is 2.13. The second-order valence-electron chi connectivity index (χ2n) is 2.70. The first kappa shape index (κ1) is 5.78. The maximum absolute atomic E-state index is 2.25. The van der Waals surface area contributed by atoms with Gasteiger partial charge in [0, 0.05) is 12.4 Å². The summed E-state index contributed by atoms with van der Waals surface area (Å²) >= 11 is 0. The number of hydrogen-bond donors (Lipinski definition) is 0. The first-order chi connectivity index (χ1) is 4.97. The molecule has 0 saturated heterocycles. The highest BCUT2D eigenvalue weighted by Crippen LogP contribution is 2.18. The maximum atomic E-state index is 2.25. The van der Waals surface area contributed by atoms with Gasteiger partial charge < -0.3 is 4.90 Å². The van der Waals surface area contributed by atoms with Crippen molar-refractivity contribution in [2.75, 3.05) is 0 Å². The van der Waals surface area contributed by atoms with Gasteiger partial charge in [-0.2, -0.15) is 0 Å². The van der Waals surface area contributed by atoms with E-state index in [9.17, 15) is 0 Å². The monoisotopic (exact) mass is 133 g/mol. The molecule has 0 aromatic rings. The smallest absolute Gasteiger partial charge is 0.0516 e. The largest absolute Gasteiger partial charge is 0.348 e. The Balaban J connectivity index is 2.21. The lowest BCUT2D eigenvalue weighted by molar-refractivity contribution is 0.382. The van der Waals surface area contributed by atoms with Crippen molar-refractivity contribution < 1.29 is 0 Å². The topological polar surface area (TPSA) is 3.24 Å². The average Bonchev–Trinajstić information content (AvgIpc) is 2.05. The zero-order valence-corrected chi connectivity index (χ0v) is 5.90. The Morgan fingerprint density at radius 3 is 3.10 bits per heavy atom. The fourth-order valence-electron chi connectivity index (χ4n) is 1.42. The lowest BCUT2D eigenvalue weighted by Crippen LogP contribution is -2.27. The van der Waals surface area contributed by atoms with Crippen LogP contribution in [0.3, 0.4) is 0 Å². The maximum Gasteiger partial charge on any atom is 0.0516 e. The van der Waals surface area contributed by atoms with Crippen molar-refractivity contribution in [2.45, 2.75) is 18.9 Å². The molecule has 2 aliphatic rings. The van der Waals surface area contributed by atoms with Crippen LogP contribution < -0.4 is 0 Å². The molecule has 1 unspecified atom stereocenters. The summed E-state index contributed by atoms with van der Waals surface area (Å²) in [7, 11) is 0. The van der Waals surface area contributed by atoms with Gasteiger partial charge in [0.2, 0.25) is 0 Å². The molecule has 0 radical (unpaired) electrons. The van der Waals surface area contributed by atoms with Gasteiger partial charge >= 0.3 is 0 Å². The van der Waals surface area contributed by atoms with Gasteiger partial charge in [-0.15, -0.1) is 0 Å². The molecule has 10 heavy (non-hydrogen) atoms. The van der Waals surface area contributed by atoms with E-state index in [1.54, 1.807) is 0 Å². The van der Waals surface area contributed by atoms with E-state index in [1.807, 2.05) is 0 Å². The molecule has 0 N–H and O–H groups in total. The van der Waals surface area contributed by atoms with Gasteiger partial charge in [0.25, 0.3) is 0 Å². The third-order valence-electron chi connectivity index (χ3n) is 1.99. The molecule has 0 aliphatic carbocycles. The highest BCUT2D eigenvalue weighted by molar-refractivity contribution is 5.17. The number of rotatable bonds is 0. The van der Waals surface area contributed by atoms with Gasteiger partial charge in [0.15, 0.2) is 0 Å². The Morgan fingerprint density at radius 1 is 1.20 bits per heavy atom. The molecule has 2 aliphatic heterocycles. The third kappa shape index (κ3) is 0.878. The van der Waals surface area contributed by atoms with Crippen molar-refractivity contribution in [2.24, 2.45) is 0 Å². The molecule has 1 heteroatoms. The second kappa shape index (κ2) is 2.33. The van der Waals surface area contributed by atoms with E-state index in [2.05, 4.69) is 41.6 Å². The molecular formula is C9H11N. The summed E-state index contributed by atoms with van der Waals surface area (Å²) in [6.45, 7) is 0. The van der Waals surface area contributed by atoms with E-state index in [1.165, 1.54) is 12.8 Å². The van der Waals surface area contributed by atoms with Crippen LogP contribution in [0.4, 0.5) is 0 Å². The van der Waals surface area contributed by atoms with Crippen LogP contribution in [0.2, 0.25) is 0 Å². The number of nitrogens with zero attached hydrogens (tertiary/aromatic N) is 1. The normalized spacial score (nSPS) is 28.8. The lowest BCUT2D eigenvalue weighted by Gasteiger charge is -2.29. The number of hydrogen-bond acceptors (Lipinski definition) is 1. The summed E-state index contributed by atoms with van der Waals surface area (Å²) in [5.74, 6) is 0. The van der Waals surface area contributed by atoms with Crippen LogP contribution in [0, 0.1) is 0 Å². The SMILES string of the molecule is C1=CC2CCC=CN2C=C1. The molecule has 52 valence electrons. The molecule has 0 amide bonds. The van der Waals surface area contributed by atoms with Gasteiger partial charge in [-0.25, -0.2) is 0 Å². The molecule has 0 aromatic carbocycles. The van der Waals surface area contributed by atoms with Crippen molar-refractivity contribution >= 4 is 0 Å². The molecular weight excluding hydrogens is 122 g/mol. The van der Waals surface area contributed by atoms with E-state index in [-0.39, 0.29) is 0 Å². The van der Waals surface area contributed by atoms with Crippen molar-refractivity contribution in [3.05, 3.63) is 36.7 Å². The van der Waals surface area contributed by atoms with Crippen LogP contribution in [-0.4, -0.2) is 10.9 Å². The number of allylic oxidation sites excluding steroid dienone is 3. The molecule has 1 atom stereocenters. The summed E-state index contributed by atoms with van der Waals surface area (Å²) in [6, 6.07) is 0.634. The minimum Gasteiger partial charge on any atom is -0.348 e. The van der Waals surface area contributed by atoms with Gasteiger partial charge in [0.05, 0.1) is 6.04 Å². The third-order valence-corrected chi connectivity index (χ3v) is 1.99. The Bertz CT molecular complexity index is 201. The molecule has 1 nitrogen and oxygen atoms in total. The van der Waals surface area contributed by atoms with Gasteiger partial charge in [-0.3, -0.25) is 0 Å². The lowest BCUT2D eigenvalue weighted by atomic mass is 10.1. The minimum atomic E-state index is 0.634. The minimum absolute atomic E-state index is 0.634. The van der Waals surface area contributed by atoms with E-state index < -0.39 is 0 Å². The molecule has 0 bridgehead atoms. The van der Waals surface area contributed by atoms with Crippen molar-refractivity contribution in [3.63, 3.8) is 0 Å². The molecule has 0 aromatic heterocycles. The molecule has 2 rings (SSSR count). The Hall–Kier alpha value is -0.980. The molecule has 0 spiro atoms. The Kier molecular flexibility index (Phi) is 1.35. The predicted octanol–water partition coefficient (Wildman–Crippen LogP) is 2.05. The zero-order valence-electron chi connectivity index (χ0n) is 5.90. The summed E-state index contributed by atoms with van der Waals surface area (Å²) in [5.41, 5.74) is 0. The fraction of sp³-hybridized carbons (Fsp3) is 0.333. The van der Waals surface area contributed by atoms with Crippen LogP contribution in [-0.2, 0) is 0 Å². The molecule has 0 saturated carbocycles. The average molecular weight is 133 g/mol. The molecule has 0 fully saturated rings. The van der Waals surface area contributed by atoms with Crippen LogP contribution in [0.15, 0.2) is 36.7 Å². The van der Waals surface area contributed by atoms with E-state index in [4.69, 9.17) is 0 Å². The standard InChI is InChI=1S/C9H11N/c1-3-7-10-8-4-2-6-9(10)5-1/h1,3-5,7-9H,2,6H2. The Labute approximate surface area is 61.3 Å². The quantitative estimate of drug-likeness (QED) is 0.489. The predicted molar refractivity (Wildman–Crippen MR) is 42.3 cm³/mol. The second-order valence-corrected chi connectivity index (χ2v) is 2.70.